The summed E-state index contributed by atoms with van der Waals surface area (Å²) in [4.78, 5) is 164. The molecule has 0 aromatic heterocycles. The van der Waals surface area contributed by atoms with E-state index in [-0.39, 0.29) is 25.8 Å². The number of cyclic esters (lactones) is 1. The maximum absolute atomic E-state index is 14.3. The summed E-state index contributed by atoms with van der Waals surface area (Å²) in [5.74, 6) is -13.1. The van der Waals surface area contributed by atoms with Gasteiger partial charge in [0.05, 0.1) is 19.3 Å². The number of aliphatic hydroxyl groups is 2. The Morgan fingerprint density at radius 2 is 1.07 bits per heavy atom. The topological polar surface area (TPSA) is 439 Å². The Hall–Kier alpha value is -7.30. The number of rotatable bonds is 32. The van der Waals surface area contributed by atoms with E-state index in [9.17, 15) is 67.7 Å². The molecule has 1 aliphatic rings. The highest BCUT2D eigenvalue weighted by Crippen LogP contribution is 2.16. The summed E-state index contributed by atoms with van der Waals surface area (Å²) >= 11 is 0. The van der Waals surface area contributed by atoms with E-state index in [1.54, 1.807) is 62.4 Å². The SMILES string of the molecule is CC[C@H](C)[C@H](NC(=O)[C@@H](Cc1ccccc1)NC)C(=O)N[C@@H](CO)C(=O)N[C@H](CCC(N)=O)C(=O)N[C@@H](C(=O)N[C@H](C(=O)N[C@@H](CO)C(=O)N[C@H]1C(=O)N[C@@H](C)C(=O)NC(CCCN)C(=O)N[C@@H](C(C)C)C(=O)O[C@H]1C)[C@@H](C)CC)[C@@H](C)CC. The van der Waals surface area contributed by atoms with Crippen LogP contribution in [0.5, 0.6) is 0 Å². The first-order valence-corrected chi connectivity index (χ1v) is 28.8. The maximum Gasteiger partial charge on any atom is 0.329 e. The van der Waals surface area contributed by atoms with Crippen LogP contribution in [0.15, 0.2) is 30.3 Å². The number of hydrogen-bond donors (Lipinski definition) is 15. The highest BCUT2D eigenvalue weighted by molar-refractivity contribution is 5.99. The van der Waals surface area contributed by atoms with Crippen LogP contribution < -0.4 is 70.0 Å². The van der Waals surface area contributed by atoms with Crippen molar-refractivity contribution in [3.63, 3.8) is 0 Å². The third-order valence-electron chi connectivity index (χ3n) is 14.9. The van der Waals surface area contributed by atoms with Crippen molar-refractivity contribution in [3.8, 4) is 0 Å². The van der Waals surface area contributed by atoms with E-state index < -0.39 is 193 Å². The lowest BCUT2D eigenvalue weighted by molar-refractivity contribution is -0.157. The van der Waals surface area contributed by atoms with Gasteiger partial charge in [-0.15, -0.1) is 0 Å². The number of nitrogens with one attached hydrogen (secondary N) is 11. The molecule has 1 aromatic rings. The van der Waals surface area contributed by atoms with Crippen molar-refractivity contribution in [1.82, 2.24) is 58.5 Å². The lowest BCUT2D eigenvalue weighted by Gasteiger charge is -2.31. The second-order valence-electron chi connectivity index (χ2n) is 21.8. The molecule has 28 heteroatoms. The fraction of sp³-hybridized carbons (Fsp3) is 0.679. The van der Waals surface area contributed by atoms with Crippen LogP contribution >= 0.6 is 0 Å². The Morgan fingerprint density at radius 3 is 1.54 bits per heavy atom. The number of ether oxygens (including phenoxy) is 1. The highest BCUT2D eigenvalue weighted by Gasteiger charge is 2.41. The number of carbonyl (C=O) groups excluding carboxylic acids is 12. The molecule has 0 saturated carbocycles. The lowest BCUT2D eigenvalue weighted by Crippen LogP contribution is -2.63. The Labute approximate surface area is 491 Å². The number of benzene rings is 1. The van der Waals surface area contributed by atoms with Crippen LogP contribution in [-0.2, 0) is 68.7 Å². The van der Waals surface area contributed by atoms with Crippen molar-refractivity contribution >= 4 is 70.9 Å². The number of nitrogens with two attached hydrogens (primary N) is 2. The number of likely N-dealkylation sites (N-methyl/N-ethyl adjacent to an activating group) is 1. The predicted octanol–water partition coefficient (Wildman–Crippen LogP) is -3.59. The van der Waals surface area contributed by atoms with E-state index >= 15 is 0 Å². The van der Waals surface area contributed by atoms with Gasteiger partial charge in [-0.25, -0.2) is 4.79 Å². The molecule has 0 aliphatic carbocycles. The molecule has 11 amide bonds. The van der Waals surface area contributed by atoms with E-state index in [4.69, 9.17) is 16.2 Å². The molecule has 472 valence electrons. The van der Waals surface area contributed by atoms with Crippen LogP contribution in [0, 0.1) is 23.7 Å². The number of aliphatic hydroxyl groups excluding tert-OH is 2. The van der Waals surface area contributed by atoms with Gasteiger partial charge < -0.3 is 84.9 Å². The van der Waals surface area contributed by atoms with Gasteiger partial charge >= 0.3 is 5.97 Å². The second-order valence-corrected chi connectivity index (χ2v) is 21.8. The lowest BCUT2D eigenvalue weighted by atomic mass is 9.94. The summed E-state index contributed by atoms with van der Waals surface area (Å²) in [6.07, 6.45) is -0.637. The third-order valence-corrected chi connectivity index (χ3v) is 14.9. The number of amides is 11. The molecule has 0 bridgehead atoms. The average molecular weight is 1190 g/mol. The number of carbonyl (C=O) groups is 12. The fourth-order valence-corrected chi connectivity index (χ4v) is 8.75. The monoisotopic (exact) mass is 1190 g/mol. The molecule has 1 heterocycles. The first kappa shape index (κ1) is 72.8. The van der Waals surface area contributed by atoms with Gasteiger partial charge in [-0.1, -0.05) is 105 Å². The smallest absolute Gasteiger partial charge is 0.329 e. The largest absolute Gasteiger partial charge is 0.458 e. The van der Waals surface area contributed by atoms with Gasteiger partial charge in [0.25, 0.3) is 0 Å². The minimum Gasteiger partial charge on any atom is -0.458 e. The molecule has 84 heavy (non-hydrogen) atoms. The molecule has 1 aromatic carbocycles. The van der Waals surface area contributed by atoms with Crippen LogP contribution in [0.25, 0.3) is 0 Å². The van der Waals surface area contributed by atoms with E-state index in [2.05, 4.69) is 58.5 Å². The van der Waals surface area contributed by atoms with E-state index in [1.807, 2.05) is 30.3 Å². The van der Waals surface area contributed by atoms with Crippen LogP contribution in [-0.4, -0.2) is 181 Å². The van der Waals surface area contributed by atoms with Crippen LogP contribution in [0.1, 0.15) is 120 Å². The van der Waals surface area contributed by atoms with E-state index in [0.717, 1.165) is 5.56 Å². The minimum absolute atomic E-state index is 0.105. The fourth-order valence-electron chi connectivity index (χ4n) is 8.75. The minimum atomic E-state index is -1.81. The van der Waals surface area contributed by atoms with Gasteiger partial charge in [0, 0.05) is 6.42 Å². The molecule has 2 rings (SSSR count). The average Bonchev–Trinajstić information content (AvgIpc) is 3.70. The number of esters is 1. The molecule has 1 saturated heterocycles. The van der Waals surface area contributed by atoms with Gasteiger partial charge in [-0.05, 0) is 82.4 Å². The first-order chi connectivity index (χ1) is 39.6. The third kappa shape index (κ3) is 22.7. The first-order valence-electron chi connectivity index (χ1n) is 28.8. The second kappa shape index (κ2) is 36.4. The summed E-state index contributed by atoms with van der Waals surface area (Å²) in [6, 6.07) is -6.15. The molecule has 1 unspecified atom stereocenters. The molecule has 1 fully saturated rings. The zero-order valence-electron chi connectivity index (χ0n) is 50.3. The van der Waals surface area contributed by atoms with Crippen LogP contribution in [0.3, 0.4) is 0 Å². The van der Waals surface area contributed by atoms with Crippen molar-refractivity contribution < 1.29 is 72.5 Å². The van der Waals surface area contributed by atoms with Gasteiger partial charge in [-0.3, -0.25) is 52.7 Å². The van der Waals surface area contributed by atoms with Crippen molar-refractivity contribution in [3.05, 3.63) is 35.9 Å². The highest BCUT2D eigenvalue weighted by atomic mass is 16.5. The molecule has 28 nitrogen and oxygen atoms in total. The van der Waals surface area contributed by atoms with Gasteiger partial charge in [0.2, 0.25) is 65.0 Å². The zero-order valence-corrected chi connectivity index (χ0v) is 50.3. The van der Waals surface area contributed by atoms with Gasteiger partial charge in [-0.2, -0.15) is 0 Å². The van der Waals surface area contributed by atoms with Gasteiger partial charge in [0.1, 0.15) is 66.5 Å². The number of hydrogen-bond acceptors (Lipinski definition) is 17. The van der Waals surface area contributed by atoms with Crippen molar-refractivity contribution in [2.75, 3.05) is 26.8 Å². The molecule has 15 atom stereocenters. The standard InChI is InChI=1S/C56H93N13O15/c1-12-29(6)42(67-49(76)37(59-11)25-34-19-16-15-17-20-34)52(79)63-38(26-70)50(77)62-36(22-23-40(58)72)48(75)66-44(31(8)14-3)54(81)68-43(30(7)13-2)53(80)64-39(27-71)51(78)69-45-33(10)84-56(83)41(28(4)5)65-47(74)35(21-18-24-57)61-46(73)32(9)60-55(45)82/h15-17,19-20,28-33,35-39,41-45,59,70-71H,12-14,18,21-27,57H2,1-11H3,(H2,58,72)(H,60,82)(H,61,73)(H,62,77)(H,63,79)(H,64,80)(H,65,74)(H,66,75)(H,67,76)(H,68,81)(H,69,78)/t29-,30-,31-,32-,33-,35?,36+,37+,38-,39-,41-,42-,43-,44+,45+/m0/s1. The molecule has 0 radical (unpaired) electrons. The normalized spacial score (nSPS) is 21.2. The Balaban J connectivity index is 2.39. The van der Waals surface area contributed by atoms with Gasteiger partial charge in [0.15, 0.2) is 0 Å². The maximum atomic E-state index is 14.3. The molecule has 0 spiro atoms. The number of primary amides is 1. The quantitative estimate of drug-likeness (QED) is 0.0310. The summed E-state index contributed by atoms with van der Waals surface area (Å²) < 4.78 is 5.63. The molecule has 1 aliphatic heterocycles. The Morgan fingerprint density at radius 1 is 0.607 bits per heavy atom. The van der Waals surface area contributed by atoms with Crippen molar-refractivity contribution in [2.45, 2.75) is 193 Å². The summed E-state index contributed by atoms with van der Waals surface area (Å²) in [7, 11) is 1.60. The Bertz CT molecular complexity index is 2400. The van der Waals surface area contributed by atoms with E-state index in [1.165, 1.54) is 13.8 Å². The van der Waals surface area contributed by atoms with Crippen molar-refractivity contribution in [2.24, 2.45) is 35.1 Å². The van der Waals surface area contributed by atoms with E-state index in [0.29, 0.717) is 19.3 Å². The van der Waals surface area contributed by atoms with Crippen LogP contribution in [0.4, 0.5) is 0 Å². The molecular formula is C56H93N13O15. The Kier molecular flexibility index (Phi) is 31.6. The van der Waals surface area contributed by atoms with Crippen molar-refractivity contribution in [1.29, 1.82) is 0 Å². The predicted molar refractivity (Wildman–Crippen MR) is 308 cm³/mol. The zero-order chi connectivity index (χ0) is 63.5. The summed E-state index contributed by atoms with van der Waals surface area (Å²) in [5.41, 5.74) is 12.0. The summed E-state index contributed by atoms with van der Waals surface area (Å²) in [6.45, 7) is 14.1. The molecule has 17 N–H and O–H groups in total. The molecular weight excluding hydrogens is 1090 g/mol. The van der Waals surface area contributed by atoms with Crippen LogP contribution in [0.2, 0.25) is 0 Å². The summed E-state index contributed by atoms with van der Waals surface area (Å²) in [5, 5.41) is 49.1.